The van der Waals surface area contributed by atoms with Gasteiger partial charge in [0.1, 0.15) is 10.4 Å². The highest BCUT2D eigenvalue weighted by molar-refractivity contribution is 9.10. The Balaban J connectivity index is 1.84. The summed E-state index contributed by atoms with van der Waals surface area (Å²) in [4.78, 5) is 7.57. The van der Waals surface area contributed by atoms with E-state index >= 15 is 0 Å². The molecule has 0 radical (unpaired) electrons. The van der Waals surface area contributed by atoms with Gasteiger partial charge in [0.15, 0.2) is 6.61 Å². The van der Waals surface area contributed by atoms with Gasteiger partial charge in [-0.25, -0.2) is 4.84 Å². The molecular formula is C19H14BrN2O+. The lowest BCUT2D eigenvalue weighted by atomic mass is 10.1. The molecule has 1 aromatic heterocycles. The monoisotopic (exact) mass is 365 g/mol. The first-order valence-corrected chi connectivity index (χ1v) is 8.18. The quantitative estimate of drug-likeness (QED) is 0.404. The van der Waals surface area contributed by atoms with Crippen LogP contribution in [-0.4, -0.2) is 5.10 Å². The minimum Gasteiger partial charge on any atom is -0.240 e. The van der Waals surface area contributed by atoms with Gasteiger partial charge in [0.2, 0.25) is 0 Å². The van der Waals surface area contributed by atoms with E-state index in [9.17, 15) is 0 Å². The molecule has 3 nitrogen and oxygen atoms in total. The second kappa shape index (κ2) is 5.97. The molecule has 23 heavy (non-hydrogen) atoms. The Kier molecular flexibility index (Phi) is 3.67. The average Bonchev–Trinajstić information content (AvgIpc) is 2.60. The van der Waals surface area contributed by atoms with E-state index in [1.165, 1.54) is 0 Å². The summed E-state index contributed by atoms with van der Waals surface area (Å²) in [5.41, 5.74) is 2.97. The van der Waals surface area contributed by atoms with E-state index in [1.54, 1.807) is 4.85 Å². The van der Waals surface area contributed by atoms with E-state index in [2.05, 4.69) is 33.2 Å². The highest BCUT2D eigenvalue weighted by Gasteiger charge is 2.17. The summed E-state index contributed by atoms with van der Waals surface area (Å²) in [6, 6.07) is 24.3. The number of benzene rings is 3. The number of aromatic nitrogens is 2. The summed E-state index contributed by atoms with van der Waals surface area (Å²) >= 11 is 3.55. The fraction of sp³-hybridized carbons (Fsp3) is 0.0526. The highest BCUT2D eigenvalue weighted by atomic mass is 79.9. The SMILES string of the molecule is Brc1ccc2c(c1)c1ccccc1n[n+]2OCc1ccccc1. The van der Waals surface area contributed by atoms with E-state index in [0.29, 0.717) is 6.61 Å². The molecule has 0 N–H and O–H groups in total. The predicted octanol–water partition coefficient (Wildman–Crippen LogP) is 4.07. The first-order chi connectivity index (χ1) is 11.3. The third-order valence-corrected chi connectivity index (χ3v) is 4.25. The van der Waals surface area contributed by atoms with Crippen LogP contribution in [0.3, 0.4) is 0 Å². The van der Waals surface area contributed by atoms with Crippen molar-refractivity contribution in [1.29, 1.82) is 0 Å². The van der Waals surface area contributed by atoms with Crippen LogP contribution in [0.25, 0.3) is 21.8 Å². The third kappa shape index (κ3) is 2.78. The number of hydrogen-bond donors (Lipinski definition) is 0. The maximum Gasteiger partial charge on any atom is 0.297 e. The standard InChI is InChI=1S/C19H14BrN2O/c20-15-10-11-19-17(12-15)16-8-4-5-9-18(16)21-22(19)23-13-14-6-2-1-3-7-14/h1-12H,13H2/q+1. The van der Waals surface area contributed by atoms with Crippen molar-refractivity contribution in [2.75, 3.05) is 0 Å². The summed E-state index contributed by atoms with van der Waals surface area (Å²) < 4.78 is 1.04. The molecule has 0 unspecified atom stereocenters. The smallest absolute Gasteiger partial charge is 0.240 e. The Morgan fingerprint density at radius 3 is 2.52 bits per heavy atom. The van der Waals surface area contributed by atoms with Gasteiger partial charge in [0.25, 0.3) is 5.52 Å². The minimum absolute atomic E-state index is 0.474. The molecule has 4 heteroatoms. The molecule has 4 rings (SSSR count). The number of fused-ring (bicyclic) bond motifs is 3. The van der Waals surface area contributed by atoms with Gasteiger partial charge in [0, 0.05) is 15.9 Å². The van der Waals surface area contributed by atoms with Crippen molar-refractivity contribution in [3.63, 3.8) is 0 Å². The fourth-order valence-corrected chi connectivity index (χ4v) is 3.00. The molecule has 0 fully saturated rings. The van der Waals surface area contributed by atoms with Crippen LogP contribution < -0.4 is 9.68 Å². The zero-order valence-corrected chi connectivity index (χ0v) is 13.9. The van der Waals surface area contributed by atoms with Crippen molar-refractivity contribution in [3.05, 3.63) is 82.8 Å². The van der Waals surface area contributed by atoms with Crippen LogP contribution in [0.1, 0.15) is 5.56 Å². The predicted molar refractivity (Wildman–Crippen MR) is 93.9 cm³/mol. The Bertz CT molecular complexity index is 986. The fourth-order valence-electron chi connectivity index (χ4n) is 2.64. The molecule has 0 spiro atoms. The van der Waals surface area contributed by atoms with Crippen LogP contribution in [0, 0.1) is 0 Å². The molecule has 0 saturated heterocycles. The minimum atomic E-state index is 0.474. The largest absolute Gasteiger partial charge is 0.297 e. The van der Waals surface area contributed by atoms with Crippen LogP contribution in [-0.2, 0) is 6.61 Å². The van der Waals surface area contributed by atoms with Gasteiger partial charge in [-0.1, -0.05) is 64.5 Å². The van der Waals surface area contributed by atoms with Crippen molar-refractivity contribution < 1.29 is 9.68 Å². The molecule has 0 aliphatic rings. The molecule has 112 valence electrons. The lowest BCUT2D eigenvalue weighted by Crippen LogP contribution is -2.46. The molecular weight excluding hydrogens is 352 g/mol. The summed E-state index contributed by atoms with van der Waals surface area (Å²) in [5, 5.41) is 6.85. The molecule has 0 aliphatic heterocycles. The van der Waals surface area contributed by atoms with Gasteiger partial charge in [0.05, 0.1) is 10.5 Å². The van der Waals surface area contributed by atoms with Gasteiger partial charge < -0.3 is 0 Å². The molecule has 0 bridgehead atoms. The number of rotatable bonds is 3. The lowest BCUT2D eigenvalue weighted by Gasteiger charge is -2.03. The summed E-state index contributed by atoms with van der Waals surface area (Å²) in [7, 11) is 0. The van der Waals surface area contributed by atoms with Gasteiger partial charge in [-0.3, -0.25) is 0 Å². The molecule has 0 amide bonds. The normalized spacial score (nSPS) is 11.0. The zero-order valence-electron chi connectivity index (χ0n) is 12.3. The summed E-state index contributed by atoms with van der Waals surface area (Å²) in [6.07, 6.45) is 0. The molecule has 0 aliphatic carbocycles. The van der Waals surface area contributed by atoms with Gasteiger partial charge in [-0.2, -0.15) is 0 Å². The summed E-state index contributed by atoms with van der Waals surface area (Å²) in [6.45, 7) is 0.474. The van der Waals surface area contributed by atoms with Crippen LogP contribution >= 0.6 is 15.9 Å². The Labute approximate surface area is 142 Å². The van der Waals surface area contributed by atoms with E-state index in [1.807, 2.05) is 60.7 Å². The van der Waals surface area contributed by atoms with E-state index < -0.39 is 0 Å². The summed E-state index contributed by atoms with van der Waals surface area (Å²) in [5.74, 6) is 0. The van der Waals surface area contributed by atoms with Crippen molar-refractivity contribution >= 4 is 37.7 Å². The van der Waals surface area contributed by atoms with Crippen molar-refractivity contribution in [2.45, 2.75) is 6.61 Å². The maximum atomic E-state index is 5.94. The van der Waals surface area contributed by atoms with Crippen molar-refractivity contribution in [2.24, 2.45) is 0 Å². The Morgan fingerprint density at radius 2 is 1.65 bits per heavy atom. The van der Waals surface area contributed by atoms with Crippen LogP contribution in [0.5, 0.6) is 0 Å². The first-order valence-electron chi connectivity index (χ1n) is 7.39. The lowest BCUT2D eigenvalue weighted by molar-refractivity contribution is -0.918. The van der Waals surface area contributed by atoms with Crippen LogP contribution in [0.15, 0.2) is 77.3 Å². The number of halogens is 1. The Hall–Kier alpha value is -2.46. The second-order valence-electron chi connectivity index (χ2n) is 5.31. The number of hydrogen-bond acceptors (Lipinski definition) is 2. The molecule has 0 atom stereocenters. The van der Waals surface area contributed by atoms with E-state index in [4.69, 9.17) is 4.84 Å². The number of nitrogens with zero attached hydrogens (tertiary/aromatic N) is 2. The van der Waals surface area contributed by atoms with Gasteiger partial charge >= 0.3 is 0 Å². The van der Waals surface area contributed by atoms with Gasteiger partial charge in [-0.15, -0.1) is 0 Å². The second-order valence-corrected chi connectivity index (χ2v) is 6.23. The van der Waals surface area contributed by atoms with Crippen LogP contribution in [0.4, 0.5) is 0 Å². The molecule has 0 saturated carbocycles. The van der Waals surface area contributed by atoms with E-state index in [0.717, 1.165) is 31.8 Å². The van der Waals surface area contributed by atoms with Crippen molar-refractivity contribution in [1.82, 2.24) is 5.10 Å². The average molecular weight is 366 g/mol. The van der Waals surface area contributed by atoms with Crippen molar-refractivity contribution in [3.8, 4) is 0 Å². The molecule has 3 aromatic carbocycles. The van der Waals surface area contributed by atoms with Gasteiger partial charge in [-0.05, 0) is 23.8 Å². The Morgan fingerprint density at radius 1 is 0.870 bits per heavy atom. The molecule has 4 aromatic rings. The first kappa shape index (κ1) is 14.2. The maximum absolute atomic E-state index is 5.94. The highest BCUT2D eigenvalue weighted by Crippen LogP contribution is 2.24. The third-order valence-electron chi connectivity index (χ3n) is 3.75. The van der Waals surface area contributed by atoms with E-state index in [-0.39, 0.29) is 0 Å². The van der Waals surface area contributed by atoms with Crippen LogP contribution in [0.2, 0.25) is 0 Å². The zero-order chi connectivity index (χ0) is 15.6. The topological polar surface area (TPSA) is 26.0 Å². The molecule has 1 heterocycles.